The van der Waals surface area contributed by atoms with Gasteiger partial charge in [-0.3, -0.25) is 9.69 Å². The number of aromatic amines is 1. The predicted molar refractivity (Wildman–Crippen MR) is 107 cm³/mol. The van der Waals surface area contributed by atoms with Gasteiger partial charge in [0.2, 0.25) is 11.4 Å². The highest BCUT2D eigenvalue weighted by Gasteiger charge is 2.24. The van der Waals surface area contributed by atoms with Gasteiger partial charge in [0.1, 0.15) is 11.5 Å². The summed E-state index contributed by atoms with van der Waals surface area (Å²) in [6.07, 6.45) is 0.553. The summed E-state index contributed by atoms with van der Waals surface area (Å²) in [5, 5.41) is 3.73. The third kappa shape index (κ3) is 5.13. The molecule has 0 saturated carbocycles. The smallest absolute Gasteiger partial charge is 0.320 e. The number of pyridine rings is 1. The third-order valence-electron chi connectivity index (χ3n) is 5.28. The number of rotatable bonds is 7. The molecule has 3 aromatic rings. The van der Waals surface area contributed by atoms with Crippen LogP contribution in [-0.2, 0) is 6.54 Å². The van der Waals surface area contributed by atoms with Crippen molar-refractivity contribution >= 4 is 0 Å². The molecule has 2 aromatic heterocycles. The van der Waals surface area contributed by atoms with Crippen LogP contribution in [0.4, 0.5) is 13.2 Å². The van der Waals surface area contributed by atoms with Gasteiger partial charge >= 0.3 is 6.01 Å². The average molecular weight is 433 g/mol. The van der Waals surface area contributed by atoms with Gasteiger partial charge in [-0.05, 0) is 49.5 Å². The highest BCUT2D eigenvalue weighted by Crippen LogP contribution is 2.25. The summed E-state index contributed by atoms with van der Waals surface area (Å²) in [5.74, 6) is -1.09. The molecule has 1 aliphatic rings. The highest BCUT2D eigenvalue weighted by atomic mass is 19.3. The third-order valence-corrected chi connectivity index (χ3v) is 5.28. The second-order valence-corrected chi connectivity index (χ2v) is 7.51. The van der Waals surface area contributed by atoms with E-state index in [1.54, 1.807) is 12.3 Å². The summed E-state index contributed by atoms with van der Waals surface area (Å²) in [6.45, 7) is 2.71. The van der Waals surface area contributed by atoms with E-state index < -0.39 is 18.1 Å². The number of piperidine rings is 1. The van der Waals surface area contributed by atoms with Crippen molar-refractivity contribution in [3.05, 3.63) is 70.2 Å². The Bertz CT molecular complexity index is 1060. The molecule has 0 atom stereocenters. The number of benzene rings is 1. The average Bonchev–Trinajstić information content (AvgIpc) is 3.20. The van der Waals surface area contributed by atoms with E-state index in [0.29, 0.717) is 0 Å². The Hall–Kier alpha value is -3.14. The van der Waals surface area contributed by atoms with Crippen LogP contribution < -0.4 is 10.3 Å². The van der Waals surface area contributed by atoms with Crippen LogP contribution >= 0.6 is 0 Å². The molecule has 0 aliphatic carbocycles. The molecule has 1 N–H and O–H groups in total. The van der Waals surface area contributed by atoms with Gasteiger partial charge in [0.25, 0.3) is 6.43 Å². The van der Waals surface area contributed by atoms with Gasteiger partial charge in [0, 0.05) is 18.8 Å². The Labute approximate surface area is 176 Å². The Morgan fingerprint density at radius 1 is 1.16 bits per heavy atom. The van der Waals surface area contributed by atoms with Crippen LogP contribution in [0.1, 0.15) is 30.7 Å². The Kier molecular flexibility index (Phi) is 6.36. The lowest BCUT2D eigenvalue weighted by atomic mass is 9.97. The van der Waals surface area contributed by atoms with E-state index in [-0.39, 0.29) is 29.8 Å². The number of aromatic nitrogens is 4. The normalized spacial score (nSPS) is 15.5. The first-order valence-corrected chi connectivity index (χ1v) is 10.0. The van der Waals surface area contributed by atoms with Crippen molar-refractivity contribution in [2.75, 3.05) is 19.7 Å². The quantitative estimate of drug-likeness (QED) is 0.619. The minimum Gasteiger partial charge on any atom is -0.463 e. The van der Waals surface area contributed by atoms with Crippen LogP contribution in [0.3, 0.4) is 0 Å². The maximum Gasteiger partial charge on any atom is 0.320 e. The molecule has 7 nitrogen and oxygen atoms in total. The second kappa shape index (κ2) is 9.34. The zero-order valence-electron chi connectivity index (χ0n) is 16.7. The number of ether oxygens (including phenoxy) is 1. The van der Waals surface area contributed by atoms with Crippen LogP contribution in [0.2, 0.25) is 0 Å². The molecule has 0 amide bonds. The summed E-state index contributed by atoms with van der Waals surface area (Å²) in [7, 11) is 0. The van der Waals surface area contributed by atoms with E-state index in [1.807, 2.05) is 6.07 Å². The molecule has 0 bridgehead atoms. The molecule has 1 aromatic carbocycles. The van der Waals surface area contributed by atoms with E-state index in [4.69, 9.17) is 4.74 Å². The van der Waals surface area contributed by atoms with Crippen LogP contribution in [0.25, 0.3) is 5.69 Å². The first kappa shape index (κ1) is 21.1. The van der Waals surface area contributed by atoms with E-state index >= 15 is 0 Å². The van der Waals surface area contributed by atoms with Crippen molar-refractivity contribution in [2.24, 2.45) is 5.92 Å². The number of nitrogens with one attached hydrogen (secondary N) is 1. The summed E-state index contributed by atoms with van der Waals surface area (Å²) < 4.78 is 47.1. The first-order valence-electron chi connectivity index (χ1n) is 10.0. The zero-order chi connectivity index (χ0) is 21.8. The summed E-state index contributed by atoms with van der Waals surface area (Å²) in [5.41, 5.74) is 0.914. The maximum absolute atomic E-state index is 14.1. The Morgan fingerprint density at radius 2 is 1.94 bits per heavy atom. The number of halogens is 3. The SMILES string of the molecule is O=c1ccc(CN2CCC(COc3nc(C(F)F)nn3-c3ccccc3F)CC2)c[nH]1. The zero-order valence-corrected chi connectivity index (χ0v) is 16.7. The minimum absolute atomic E-state index is 0.00706. The van der Waals surface area contributed by atoms with Gasteiger partial charge in [0.05, 0.1) is 6.61 Å². The van der Waals surface area contributed by atoms with Crippen LogP contribution in [-0.4, -0.2) is 44.3 Å². The van der Waals surface area contributed by atoms with Crippen molar-refractivity contribution in [3.8, 4) is 11.7 Å². The Balaban J connectivity index is 1.37. The maximum atomic E-state index is 14.1. The molecule has 10 heteroatoms. The monoisotopic (exact) mass is 433 g/mol. The molecule has 0 radical (unpaired) electrons. The number of hydrogen-bond donors (Lipinski definition) is 1. The Morgan fingerprint density at radius 3 is 2.61 bits per heavy atom. The van der Waals surface area contributed by atoms with E-state index in [9.17, 15) is 18.0 Å². The fourth-order valence-corrected chi connectivity index (χ4v) is 3.58. The molecular formula is C21H22F3N5O2. The number of H-pyrrole nitrogens is 1. The molecule has 3 heterocycles. The standard InChI is InChI=1S/C21H22F3N5O2/c22-16-3-1-2-4-17(16)29-21(26-20(27-29)19(23)24)31-13-14-7-9-28(10-8-14)12-15-5-6-18(30)25-11-15/h1-6,11,14,19H,7-10,12-13H2,(H,25,30). The lowest BCUT2D eigenvalue weighted by Crippen LogP contribution is -2.35. The summed E-state index contributed by atoms with van der Waals surface area (Å²) in [4.78, 5) is 19.9. The van der Waals surface area contributed by atoms with Crippen LogP contribution in [0.15, 0.2) is 47.4 Å². The minimum atomic E-state index is -2.88. The lowest BCUT2D eigenvalue weighted by Gasteiger charge is -2.31. The summed E-state index contributed by atoms with van der Waals surface area (Å²) >= 11 is 0. The van der Waals surface area contributed by atoms with Crippen LogP contribution in [0, 0.1) is 11.7 Å². The predicted octanol–water partition coefficient (Wildman–Crippen LogP) is 3.32. The van der Waals surface area contributed by atoms with Crippen molar-refractivity contribution in [1.29, 1.82) is 0 Å². The van der Waals surface area contributed by atoms with Gasteiger partial charge in [0.15, 0.2) is 0 Å². The van der Waals surface area contributed by atoms with Gasteiger partial charge < -0.3 is 9.72 Å². The lowest BCUT2D eigenvalue weighted by molar-refractivity contribution is 0.129. The fraction of sp³-hybridized carbons (Fsp3) is 0.381. The molecule has 4 rings (SSSR count). The number of nitrogens with zero attached hydrogens (tertiary/aromatic N) is 4. The van der Waals surface area contributed by atoms with Crippen molar-refractivity contribution < 1.29 is 17.9 Å². The van der Waals surface area contributed by atoms with Gasteiger partial charge in [-0.25, -0.2) is 13.2 Å². The molecule has 0 spiro atoms. The largest absolute Gasteiger partial charge is 0.463 e. The first-order chi connectivity index (χ1) is 15.0. The molecule has 0 unspecified atom stereocenters. The molecular weight excluding hydrogens is 411 g/mol. The van der Waals surface area contributed by atoms with Gasteiger partial charge in [-0.1, -0.05) is 18.2 Å². The topological polar surface area (TPSA) is 76.0 Å². The second-order valence-electron chi connectivity index (χ2n) is 7.51. The van der Waals surface area contributed by atoms with Crippen molar-refractivity contribution in [2.45, 2.75) is 25.8 Å². The molecule has 31 heavy (non-hydrogen) atoms. The number of para-hydroxylation sites is 1. The number of hydrogen-bond acceptors (Lipinski definition) is 5. The molecule has 1 fully saturated rings. The molecule has 1 aliphatic heterocycles. The fourth-order valence-electron chi connectivity index (χ4n) is 3.58. The van der Waals surface area contributed by atoms with Crippen molar-refractivity contribution in [3.63, 3.8) is 0 Å². The number of alkyl halides is 2. The number of likely N-dealkylation sites (tertiary alicyclic amines) is 1. The van der Waals surface area contributed by atoms with Gasteiger partial charge in [-0.2, -0.15) is 9.67 Å². The van der Waals surface area contributed by atoms with Gasteiger partial charge in [-0.15, -0.1) is 5.10 Å². The molecule has 1 saturated heterocycles. The molecule has 164 valence electrons. The van der Waals surface area contributed by atoms with E-state index in [2.05, 4.69) is 20.0 Å². The van der Waals surface area contributed by atoms with Crippen molar-refractivity contribution in [1.82, 2.24) is 24.6 Å². The summed E-state index contributed by atoms with van der Waals surface area (Å²) in [6, 6.07) is 8.92. The highest BCUT2D eigenvalue weighted by molar-refractivity contribution is 5.34. The van der Waals surface area contributed by atoms with Crippen LogP contribution in [0.5, 0.6) is 6.01 Å². The van der Waals surface area contributed by atoms with E-state index in [1.165, 1.54) is 24.3 Å². The van der Waals surface area contributed by atoms with E-state index in [0.717, 1.165) is 42.7 Å².